The summed E-state index contributed by atoms with van der Waals surface area (Å²) in [6.07, 6.45) is 6.39. The van der Waals surface area contributed by atoms with Gasteiger partial charge in [0.05, 0.1) is 0 Å². The second-order valence-corrected chi connectivity index (χ2v) is 4.70. The fourth-order valence-electron chi connectivity index (χ4n) is 2.42. The van der Waals surface area contributed by atoms with Gasteiger partial charge in [0.1, 0.15) is 12.2 Å². The third-order valence-electron chi connectivity index (χ3n) is 3.53. The molecule has 0 spiro atoms. The van der Waals surface area contributed by atoms with Gasteiger partial charge in [0.25, 0.3) is 0 Å². The van der Waals surface area contributed by atoms with Gasteiger partial charge in [-0.1, -0.05) is 6.92 Å². The van der Waals surface area contributed by atoms with Crippen LogP contribution < -0.4 is 5.32 Å². The van der Waals surface area contributed by atoms with Gasteiger partial charge in [0.2, 0.25) is 0 Å². The molecule has 0 radical (unpaired) electrons. The maximum atomic E-state index is 4.13. The summed E-state index contributed by atoms with van der Waals surface area (Å²) in [6.45, 7) is 6.92. The van der Waals surface area contributed by atoms with Crippen LogP contribution in [0.5, 0.6) is 0 Å². The Morgan fingerprint density at radius 2 is 2.41 bits per heavy atom. The molecule has 1 unspecified atom stereocenters. The maximum absolute atomic E-state index is 4.13. The smallest absolute Gasteiger partial charge is 0.137 e. The second kappa shape index (κ2) is 6.71. The Labute approximate surface area is 103 Å². The van der Waals surface area contributed by atoms with Crippen LogP contribution in [0.1, 0.15) is 32.0 Å². The predicted octanol–water partition coefficient (Wildman–Crippen LogP) is 0.811. The van der Waals surface area contributed by atoms with Crippen LogP contribution in [0, 0.1) is 0 Å². The Balaban J connectivity index is 1.65. The van der Waals surface area contributed by atoms with Crippen molar-refractivity contribution in [2.75, 3.05) is 26.2 Å². The normalized spacial score (nSPS) is 22.5. The maximum Gasteiger partial charge on any atom is 0.137 e. The molecule has 1 aromatic heterocycles. The van der Waals surface area contributed by atoms with Gasteiger partial charge in [-0.25, -0.2) is 4.98 Å². The van der Waals surface area contributed by atoms with Gasteiger partial charge in [-0.3, -0.25) is 5.10 Å². The molecule has 1 aromatic rings. The summed E-state index contributed by atoms with van der Waals surface area (Å²) >= 11 is 0. The lowest BCUT2D eigenvalue weighted by Gasteiger charge is -2.18. The first-order chi connectivity index (χ1) is 8.38. The number of aromatic amines is 1. The van der Waals surface area contributed by atoms with E-state index in [1.165, 1.54) is 38.9 Å². The largest absolute Gasteiger partial charge is 0.313 e. The molecule has 2 heterocycles. The first kappa shape index (κ1) is 12.5. The molecule has 5 heteroatoms. The summed E-state index contributed by atoms with van der Waals surface area (Å²) in [7, 11) is 0. The van der Waals surface area contributed by atoms with E-state index in [4.69, 9.17) is 0 Å². The van der Waals surface area contributed by atoms with Crippen molar-refractivity contribution < 1.29 is 0 Å². The van der Waals surface area contributed by atoms with Crippen molar-refractivity contribution in [1.82, 2.24) is 25.4 Å². The number of rotatable bonds is 5. The molecular weight excluding hydrogens is 214 g/mol. The van der Waals surface area contributed by atoms with Gasteiger partial charge >= 0.3 is 0 Å². The topological polar surface area (TPSA) is 56.8 Å². The van der Waals surface area contributed by atoms with Crippen LogP contribution in [0.15, 0.2) is 6.33 Å². The summed E-state index contributed by atoms with van der Waals surface area (Å²) in [5.74, 6) is 0.973. The monoisotopic (exact) mass is 237 g/mol. The molecular formula is C12H23N5. The summed E-state index contributed by atoms with van der Waals surface area (Å²) in [4.78, 5) is 6.67. The van der Waals surface area contributed by atoms with E-state index in [9.17, 15) is 0 Å². The van der Waals surface area contributed by atoms with Crippen LogP contribution >= 0.6 is 0 Å². The number of likely N-dealkylation sites (tertiary alicyclic amines) is 1. The van der Waals surface area contributed by atoms with Crippen molar-refractivity contribution in [3.8, 4) is 0 Å². The standard InChI is InChI=1S/C12H23N5/c1-2-17-8-3-4-11(6-9-17)13-7-5-12-14-10-15-16-12/h10-11,13H,2-9H2,1H3,(H,14,15,16). The summed E-state index contributed by atoms with van der Waals surface area (Å²) < 4.78 is 0. The van der Waals surface area contributed by atoms with E-state index < -0.39 is 0 Å². The molecule has 0 amide bonds. The average molecular weight is 237 g/mol. The quantitative estimate of drug-likeness (QED) is 0.796. The van der Waals surface area contributed by atoms with Crippen molar-refractivity contribution in [3.05, 3.63) is 12.2 Å². The SMILES string of the molecule is CCN1CCCC(NCCc2ncn[nH]2)CC1. The molecule has 17 heavy (non-hydrogen) atoms. The minimum Gasteiger partial charge on any atom is -0.313 e. The van der Waals surface area contributed by atoms with Crippen LogP contribution in [0.4, 0.5) is 0 Å². The fraction of sp³-hybridized carbons (Fsp3) is 0.833. The average Bonchev–Trinajstić information content (AvgIpc) is 2.75. The van der Waals surface area contributed by atoms with E-state index in [2.05, 4.69) is 32.3 Å². The predicted molar refractivity (Wildman–Crippen MR) is 67.8 cm³/mol. The van der Waals surface area contributed by atoms with E-state index in [1.54, 1.807) is 6.33 Å². The summed E-state index contributed by atoms with van der Waals surface area (Å²) in [5, 5.41) is 10.4. The summed E-state index contributed by atoms with van der Waals surface area (Å²) in [6, 6.07) is 0.675. The molecule has 1 saturated heterocycles. The van der Waals surface area contributed by atoms with Gasteiger partial charge in [0, 0.05) is 19.0 Å². The van der Waals surface area contributed by atoms with E-state index in [0.717, 1.165) is 18.8 Å². The van der Waals surface area contributed by atoms with E-state index >= 15 is 0 Å². The molecule has 5 nitrogen and oxygen atoms in total. The van der Waals surface area contributed by atoms with Crippen LogP contribution in [-0.2, 0) is 6.42 Å². The van der Waals surface area contributed by atoms with Crippen molar-refractivity contribution >= 4 is 0 Å². The van der Waals surface area contributed by atoms with Crippen LogP contribution in [0.2, 0.25) is 0 Å². The molecule has 1 fully saturated rings. The van der Waals surface area contributed by atoms with Crippen molar-refractivity contribution in [3.63, 3.8) is 0 Å². The lowest BCUT2D eigenvalue weighted by Crippen LogP contribution is -2.32. The Morgan fingerprint density at radius 3 is 3.18 bits per heavy atom. The van der Waals surface area contributed by atoms with E-state index in [-0.39, 0.29) is 0 Å². The van der Waals surface area contributed by atoms with E-state index in [1.807, 2.05) is 0 Å². The molecule has 0 saturated carbocycles. The van der Waals surface area contributed by atoms with Gasteiger partial charge in [0.15, 0.2) is 0 Å². The second-order valence-electron chi connectivity index (χ2n) is 4.70. The number of H-pyrrole nitrogens is 1. The fourth-order valence-corrected chi connectivity index (χ4v) is 2.42. The Bertz CT molecular complexity index is 298. The molecule has 1 atom stereocenters. The third kappa shape index (κ3) is 4.09. The van der Waals surface area contributed by atoms with Gasteiger partial charge < -0.3 is 10.2 Å². The molecule has 1 aliphatic rings. The number of nitrogens with zero attached hydrogens (tertiary/aromatic N) is 3. The third-order valence-corrected chi connectivity index (χ3v) is 3.53. The Hall–Kier alpha value is -0.940. The minimum atomic E-state index is 0.675. The molecule has 2 rings (SSSR count). The van der Waals surface area contributed by atoms with Gasteiger partial charge in [-0.05, 0) is 38.9 Å². The summed E-state index contributed by atoms with van der Waals surface area (Å²) in [5.41, 5.74) is 0. The van der Waals surface area contributed by atoms with Crippen molar-refractivity contribution in [2.24, 2.45) is 0 Å². The molecule has 96 valence electrons. The van der Waals surface area contributed by atoms with Crippen LogP contribution in [-0.4, -0.2) is 52.3 Å². The molecule has 0 bridgehead atoms. The van der Waals surface area contributed by atoms with Crippen molar-refractivity contribution in [1.29, 1.82) is 0 Å². The number of hydrogen-bond acceptors (Lipinski definition) is 4. The van der Waals surface area contributed by atoms with Crippen LogP contribution in [0.25, 0.3) is 0 Å². The zero-order valence-electron chi connectivity index (χ0n) is 10.7. The molecule has 0 aliphatic carbocycles. The first-order valence-corrected chi connectivity index (χ1v) is 6.68. The highest BCUT2D eigenvalue weighted by Crippen LogP contribution is 2.10. The van der Waals surface area contributed by atoms with Gasteiger partial charge in [-0.15, -0.1) is 0 Å². The minimum absolute atomic E-state index is 0.675. The first-order valence-electron chi connectivity index (χ1n) is 6.68. The van der Waals surface area contributed by atoms with Crippen LogP contribution in [0.3, 0.4) is 0 Å². The van der Waals surface area contributed by atoms with E-state index in [0.29, 0.717) is 6.04 Å². The Kier molecular flexibility index (Phi) is 4.94. The number of hydrogen-bond donors (Lipinski definition) is 2. The lowest BCUT2D eigenvalue weighted by molar-refractivity contribution is 0.297. The Morgan fingerprint density at radius 1 is 1.47 bits per heavy atom. The number of nitrogens with one attached hydrogen (secondary N) is 2. The molecule has 0 aromatic carbocycles. The zero-order valence-corrected chi connectivity index (χ0v) is 10.7. The highest BCUT2D eigenvalue weighted by Gasteiger charge is 2.15. The molecule has 2 N–H and O–H groups in total. The zero-order chi connectivity index (χ0) is 11.9. The lowest BCUT2D eigenvalue weighted by atomic mass is 10.1. The highest BCUT2D eigenvalue weighted by molar-refractivity contribution is 4.82. The van der Waals surface area contributed by atoms with Crippen molar-refractivity contribution in [2.45, 2.75) is 38.6 Å². The van der Waals surface area contributed by atoms with Gasteiger partial charge in [-0.2, -0.15) is 5.10 Å². The molecule has 1 aliphatic heterocycles. The highest BCUT2D eigenvalue weighted by atomic mass is 15.2. The number of aromatic nitrogens is 3.